The molecule has 1 saturated heterocycles. The molecule has 7 heteroatoms. The van der Waals surface area contributed by atoms with E-state index in [2.05, 4.69) is 10.1 Å². The van der Waals surface area contributed by atoms with Gasteiger partial charge in [-0.2, -0.15) is 0 Å². The third-order valence-corrected chi connectivity index (χ3v) is 1.95. The van der Waals surface area contributed by atoms with Gasteiger partial charge in [-0.15, -0.1) is 0 Å². The topological polar surface area (TPSA) is 108 Å². The molecule has 0 aliphatic carbocycles. The quantitative estimate of drug-likeness (QED) is 0.388. The molecule has 1 fully saturated rings. The molecule has 1 amide bonds. The number of aliphatic hydroxyl groups excluding tert-OH is 3. The second kappa shape index (κ2) is 4.56. The summed E-state index contributed by atoms with van der Waals surface area (Å²) in [6.45, 7) is -0.160. The van der Waals surface area contributed by atoms with E-state index in [4.69, 9.17) is 9.84 Å². The van der Waals surface area contributed by atoms with E-state index in [0.717, 1.165) is 7.11 Å². The summed E-state index contributed by atoms with van der Waals surface area (Å²) >= 11 is 0. The Morgan fingerprint density at radius 2 is 2.07 bits per heavy atom. The molecule has 1 aliphatic heterocycles. The second-order valence-electron chi connectivity index (χ2n) is 2.94. The molecule has 1 rings (SSSR count). The van der Waals surface area contributed by atoms with Crippen LogP contribution in [0.25, 0.3) is 0 Å². The Kier molecular flexibility index (Phi) is 3.64. The summed E-state index contributed by atoms with van der Waals surface area (Å²) in [4.78, 5) is 10.7. The molecule has 4 N–H and O–H groups in total. The summed E-state index contributed by atoms with van der Waals surface area (Å²) in [5.74, 6) is 0. The van der Waals surface area contributed by atoms with Gasteiger partial charge in [0.05, 0.1) is 13.7 Å². The number of hydrogen-bond donors (Lipinski definition) is 4. The zero-order chi connectivity index (χ0) is 10.7. The summed E-state index contributed by atoms with van der Waals surface area (Å²) in [6.07, 6.45) is -5.72. The van der Waals surface area contributed by atoms with E-state index in [-0.39, 0.29) is 6.61 Å². The maximum absolute atomic E-state index is 10.7. The number of rotatable bonds is 1. The number of carbonyl (C=O) groups is 1. The molecule has 0 saturated carbocycles. The fraction of sp³-hybridized carbons (Fsp3) is 0.857. The monoisotopic (exact) mass is 207 g/mol. The Morgan fingerprint density at radius 3 is 2.64 bits per heavy atom. The largest absolute Gasteiger partial charge is 0.453 e. The van der Waals surface area contributed by atoms with Crippen LogP contribution in [0.4, 0.5) is 4.79 Å². The smallest absolute Gasteiger partial charge is 0.408 e. The average Bonchev–Trinajstić information content (AvgIpc) is 2.19. The minimum absolute atomic E-state index is 0.160. The van der Waals surface area contributed by atoms with Crippen LogP contribution in [0.1, 0.15) is 0 Å². The van der Waals surface area contributed by atoms with Crippen molar-refractivity contribution in [3.63, 3.8) is 0 Å². The van der Waals surface area contributed by atoms with Crippen LogP contribution in [0, 0.1) is 0 Å². The van der Waals surface area contributed by atoms with E-state index in [1.165, 1.54) is 0 Å². The molecule has 0 aromatic rings. The van der Waals surface area contributed by atoms with Crippen LogP contribution < -0.4 is 5.32 Å². The minimum Gasteiger partial charge on any atom is -0.453 e. The fourth-order valence-electron chi connectivity index (χ4n) is 1.11. The van der Waals surface area contributed by atoms with Gasteiger partial charge in [-0.1, -0.05) is 0 Å². The zero-order valence-electron chi connectivity index (χ0n) is 7.58. The van der Waals surface area contributed by atoms with Gasteiger partial charge in [0.2, 0.25) is 0 Å². The Bertz CT molecular complexity index is 210. The van der Waals surface area contributed by atoms with Gasteiger partial charge in [0.1, 0.15) is 18.3 Å². The fourth-order valence-corrected chi connectivity index (χ4v) is 1.11. The number of carbonyl (C=O) groups excluding carboxylic acids is 1. The number of amides is 1. The molecular weight excluding hydrogens is 194 g/mol. The van der Waals surface area contributed by atoms with Crippen molar-refractivity contribution in [2.75, 3.05) is 13.7 Å². The summed E-state index contributed by atoms with van der Waals surface area (Å²) in [6, 6.07) is 0. The van der Waals surface area contributed by atoms with E-state index in [1.807, 2.05) is 0 Å². The first-order valence-corrected chi connectivity index (χ1v) is 4.06. The van der Waals surface area contributed by atoms with Gasteiger partial charge in [-0.3, -0.25) is 5.32 Å². The minimum atomic E-state index is -1.38. The normalized spacial score (nSPS) is 37.7. The first-order chi connectivity index (χ1) is 6.56. The van der Waals surface area contributed by atoms with Gasteiger partial charge < -0.3 is 24.8 Å². The molecule has 0 aromatic heterocycles. The standard InChI is InChI=1S/C7H13NO6/c1-13-7(12)8-6-5(11)4(10)3(9)2-14-6/h3-6,9-11H,2H2,1H3,(H,8,12)/t3-,4+,5-,6+/m0/s1. The lowest BCUT2D eigenvalue weighted by Crippen LogP contribution is -2.58. The van der Waals surface area contributed by atoms with Crippen LogP contribution in [-0.2, 0) is 9.47 Å². The van der Waals surface area contributed by atoms with Crippen LogP contribution >= 0.6 is 0 Å². The lowest BCUT2D eigenvalue weighted by Gasteiger charge is -2.34. The molecule has 0 aromatic carbocycles. The molecule has 1 aliphatic rings. The molecule has 82 valence electrons. The number of nitrogens with one attached hydrogen (secondary N) is 1. The van der Waals surface area contributed by atoms with Crippen molar-refractivity contribution in [3.05, 3.63) is 0 Å². The molecule has 4 atom stereocenters. The van der Waals surface area contributed by atoms with E-state index in [1.54, 1.807) is 0 Å². The SMILES string of the molecule is COC(=O)N[C@@H]1OC[C@H](O)[C@@H](O)[C@@H]1O. The van der Waals surface area contributed by atoms with Crippen molar-refractivity contribution >= 4 is 6.09 Å². The first-order valence-electron chi connectivity index (χ1n) is 4.06. The van der Waals surface area contributed by atoms with E-state index >= 15 is 0 Å². The van der Waals surface area contributed by atoms with Gasteiger partial charge >= 0.3 is 6.09 Å². The van der Waals surface area contributed by atoms with E-state index < -0.39 is 30.6 Å². The van der Waals surface area contributed by atoms with Crippen LogP contribution in [0.5, 0.6) is 0 Å². The molecule has 1 heterocycles. The molecule has 0 unspecified atom stereocenters. The highest BCUT2D eigenvalue weighted by atomic mass is 16.6. The average molecular weight is 207 g/mol. The van der Waals surface area contributed by atoms with Crippen molar-refractivity contribution in [3.8, 4) is 0 Å². The third-order valence-electron chi connectivity index (χ3n) is 1.95. The summed E-state index contributed by atoms with van der Waals surface area (Å²) < 4.78 is 9.15. The van der Waals surface area contributed by atoms with Crippen molar-refractivity contribution in [2.24, 2.45) is 0 Å². The van der Waals surface area contributed by atoms with Gasteiger partial charge in [0, 0.05) is 0 Å². The van der Waals surface area contributed by atoms with Gasteiger partial charge in [-0.25, -0.2) is 4.79 Å². The van der Waals surface area contributed by atoms with E-state index in [0.29, 0.717) is 0 Å². The summed E-state index contributed by atoms with van der Waals surface area (Å²) in [5, 5.41) is 29.8. The molecule has 0 radical (unpaired) electrons. The molecule has 14 heavy (non-hydrogen) atoms. The van der Waals surface area contributed by atoms with Crippen LogP contribution in [0.2, 0.25) is 0 Å². The highest BCUT2D eigenvalue weighted by molar-refractivity contribution is 5.67. The second-order valence-corrected chi connectivity index (χ2v) is 2.94. The Balaban J connectivity index is 2.50. The van der Waals surface area contributed by atoms with Crippen molar-refractivity contribution in [1.82, 2.24) is 5.32 Å². The number of ether oxygens (including phenoxy) is 2. The van der Waals surface area contributed by atoms with Gasteiger partial charge in [0.25, 0.3) is 0 Å². The van der Waals surface area contributed by atoms with Crippen LogP contribution in [-0.4, -0.2) is 59.7 Å². The predicted octanol–water partition coefficient (Wildman–Crippen LogP) is -2.22. The number of alkyl carbamates (subject to hydrolysis) is 1. The van der Waals surface area contributed by atoms with Crippen molar-refractivity contribution in [2.45, 2.75) is 24.5 Å². The zero-order valence-corrected chi connectivity index (χ0v) is 7.58. The first kappa shape index (κ1) is 11.2. The highest BCUT2D eigenvalue weighted by Gasteiger charge is 2.38. The molecule has 7 nitrogen and oxygen atoms in total. The predicted molar refractivity (Wildman–Crippen MR) is 43.3 cm³/mol. The molecular formula is C7H13NO6. The maximum Gasteiger partial charge on any atom is 0.408 e. The highest BCUT2D eigenvalue weighted by Crippen LogP contribution is 2.13. The molecule has 0 bridgehead atoms. The number of aliphatic hydroxyl groups is 3. The maximum atomic E-state index is 10.7. The third kappa shape index (κ3) is 2.32. The Hall–Kier alpha value is -0.890. The van der Waals surface area contributed by atoms with Crippen molar-refractivity contribution < 1.29 is 29.6 Å². The van der Waals surface area contributed by atoms with Gasteiger partial charge in [-0.05, 0) is 0 Å². The Morgan fingerprint density at radius 1 is 1.43 bits per heavy atom. The number of hydrogen-bond acceptors (Lipinski definition) is 6. The summed E-state index contributed by atoms with van der Waals surface area (Å²) in [7, 11) is 1.16. The van der Waals surface area contributed by atoms with Crippen molar-refractivity contribution in [1.29, 1.82) is 0 Å². The summed E-state index contributed by atoms with van der Waals surface area (Å²) in [5.41, 5.74) is 0. The van der Waals surface area contributed by atoms with E-state index in [9.17, 15) is 15.0 Å². The van der Waals surface area contributed by atoms with Crippen LogP contribution in [0.3, 0.4) is 0 Å². The lowest BCUT2D eigenvalue weighted by atomic mass is 10.0. The van der Waals surface area contributed by atoms with Crippen LogP contribution in [0.15, 0.2) is 0 Å². The van der Waals surface area contributed by atoms with Gasteiger partial charge in [0.15, 0.2) is 6.23 Å². The number of methoxy groups -OCH3 is 1. The lowest BCUT2D eigenvalue weighted by molar-refractivity contribution is -0.192. The molecule has 0 spiro atoms. The Labute approximate surface area is 80.2 Å².